The Labute approximate surface area is 244 Å². The van der Waals surface area contributed by atoms with Gasteiger partial charge in [-0.2, -0.15) is 11.8 Å². The summed E-state index contributed by atoms with van der Waals surface area (Å²) in [6, 6.07) is -0.771. The Bertz CT molecular complexity index is 813. The van der Waals surface area contributed by atoms with Crippen molar-refractivity contribution in [2.24, 2.45) is 0 Å². The fourth-order valence-corrected chi connectivity index (χ4v) is 7.15. The first kappa shape index (κ1) is 35.1. The molecule has 0 spiro atoms. The summed E-state index contributed by atoms with van der Waals surface area (Å²) in [7, 11) is -4.74. The quantitative estimate of drug-likeness (QED) is 0.0415. The maximum Gasteiger partial charge on any atom is 0.469 e. The molecule has 1 unspecified atom stereocenters. The Hall–Kier alpha value is -1.10. The number of nitrogens with one attached hydrogen (secondary N) is 3. The fraction of sp³-hybridized carbons (Fsp3) is 0.857. The van der Waals surface area contributed by atoms with E-state index in [0.717, 1.165) is 37.9 Å². The molecule has 0 aromatic heterocycles. The molecule has 2 saturated heterocycles. The first-order chi connectivity index (χ1) is 19.2. The summed E-state index contributed by atoms with van der Waals surface area (Å²) in [5.74, 6) is 0.588. The molecule has 3 amide bonds. The molecule has 5 atom stereocenters. The van der Waals surface area contributed by atoms with Crippen LogP contribution in [-0.4, -0.2) is 68.7 Å². The van der Waals surface area contributed by atoms with Gasteiger partial charge in [-0.15, -0.1) is 0 Å². The number of urea groups is 1. The minimum absolute atomic E-state index is 0.116. The zero-order chi connectivity index (χ0) is 29.2. The third-order valence-electron chi connectivity index (χ3n) is 7.57. The van der Waals surface area contributed by atoms with E-state index in [1.807, 2.05) is 17.8 Å². The van der Waals surface area contributed by atoms with Crippen LogP contribution < -0.4 is 16.0 Å². The summed E-state index contributed by atoms with van der Waals surface area (Å²) < 4.78 is 15.8. The van der Waals surface area contributed by atoms with Gasteiger partial charge in [-0.1, -0.05) is 89.7 Å². The number of thioether (sulfide) groups is 1. The molecule has 0 bridgehead atoms. The van der Waals surface area contributed by atoms with Crippen LogP contribution in [0.3, 0.4) is 0 Å². The van der Waals surface area contributed by atoms with Crippen molar-refractivity contribution in [2.75, 3.05) is 12.4 Å². The number of phosphoric acid groups is 1. The third kappa shape index (κ3) is 15.2. The van der Waals surface area contributed by atoms with Crippen molar-refractivity contribution in [3.05, 3.63) is 12.2 Å². The molecule has 2 fully saturated rings. The number of rotatable bonds is 23. The molecule has 0 aliphatic carbocycles. The monoisotopic (exact) mass is 605 g/mol. The van der Waals surface area contributed by atoms with Gasteiger partial charge in [0.05, 0.1) is 30.8 Å². The lowest BCUT2D eigenvalue weighted by Crippen LogP contribution is -2.45. The number of fused-ring (bicyclic) bond motifs is 1. The van der Waals surface area contributed by atoms with Crippen molar-refractivity contribution in [1.29, 1.82) is 0 Å². The van der Waals surface area contributed by atoms with E-state index in [-0.39, 0.29) is 30.4 Å². The largest absolute Gasteiger partial charge is 0.469 e. The third-order valence-corrected chi connectivity index (χ3v) is 9.56. The minimum Gasteiger partial charge on any atom is -0.387 e. The molecule has 2 aliphatic heterocycles. The van der Waals surface area contributed by atoms with Gasteiger partial charge < -0.3 is 30.8 Å². The van der Waals surface area contributed by atoms with Gasteiger partial charge in [0, 0.05) is 17.4 Å². The lowest BCUT2D eigenvalue weighted by Gasteiger charge is -2.22. The normalized spacial score (nSPS) is 22.2. The summed E-state index contributed by atoms with van der Waals surface area (Å²) in [6.07, 6.45) is 19.5. The van der Waals surface area contributed by atoms with Crippen LogP contribution in [0.25, 0.3) is 0 Å². The van der Waals surface area contributed by atoms with E-state index in [0.29, 0.717) is 11.7 Å². The molecule has 0 aromatic carbocycles. The number of carbonyl (C=O) groups is 2. The Kier molecular flexibility index (Phi) is 17.5. The van der Waals surface area contributed by atoms with Gasteiger partial charge in [-0.05, 0) is 25.7 Å². The van der Waals surface area contributed by atoms with E-state index in [1.165, 1.54) is 57.8 Å². The number of allylic oxidation sites excluding steroid dienone is 1. The Morgan fingerprint density at radius 3 is 2.35 bits per heavy atom. The van der Waals surface area contributed by atoms with Crippen LogP contribution in [0, 0.1) is 0 Å². The molecule has 2 aliphatic rings. The van der Waals surface area contributed by atoms with Crippen molar-refractivity contribution in [1.82, 2.24) is 16.0 Å². The minimum atomic E-state index is -4.74. The number of phosphoric ester groups is 1. The molecule has 2 heterocycles. The second-order valence-corrected chi connectivity index (χ2v) is 13.6. The van der Waals surface area contributed by atoms with Crippen molar-refractivity contribution >= 4 is 31.5 Å². The molecule has 0 saturated carbocycles. The second kappa shape index (κ2) is 19.9. The fourth-order valence-electron chi connectivity index (χ4n) is 5.25. The SMILES string of the molecule is CCCCCCCCCCCCCC=C[C@@H](O)C(COP(=O)(O)O)NC(=O)CCCC[C@@H]1SC[C@@H]2NC(=O)N[C@@H]21. The highest BCUT2D eigenvalue weighted by Crippen LogP contribution is 2.36. The highest BCUT2D eigenvalue weighted by molar-refractivity contribution is 8.00. The maximum absolute atomic E-state index is 12.5. The molecule has 6 N–H and O–H groups in total. The number of aliphatic hydroxyl groups excluding tert-OH is 1. The highest BCUT2D eigenvalue weighted by atomic mass is 32.2. The van der Waals surface area contributed by atoms with Gasteiger partial charge in [0.2, 0.25) is 5.91 Å². The predicted octanol–water partition coefficient (Wildman–Crippen LogP) is 4.92. The smallest absolute Gasteiger partial charge is 0.387 e. The van der Waals surface area contributed by atoms with Gasteiger partial charge >= 0.3 is 13.9 Å². The average molecular weight is 606 g/mol. The van der Waals surface area contributed by atoms with E-state index in [2.05, 4.69) is 27.4 Å². The van der Waals surface area contributed by atoms with Gasteiger partial charge in [-0.3, -0.25) is 9.32 Å². The zero-order valence-electron chi connectivity index (χ0n) is 24.1. The molecule has 232 valence electrons. The summed E-state index contributed by atoms with van der Waals surface area (Å²) in [5, 5.41) is 19.5. The summed E-state index contributed by atoms with van der Waals surface area (Å²) >= 11 is 1.83. The zero-order valence-corrected chi connectivity index (χ0v) is 25.8. The standard InChI is InChI=1S/C28H52N3O7PS/c1-2-3-4-5-6-7-8-9-10-11-12-13-14-17-24(32)22(20-38-39(35,36)37)29-26(33)19-16-15-18-25-27-23(21-40-25)30-28(34)31-27/h14,17,22-25,27,32H,2-13,15-16,18-21H2,1H3,(H,29,33)(H2,30,31,34)(H2,35,36,37)/t22?,23-,24+,25-,27-/m0/s1. The van der Waals surface area contributed by atoms with Crippen LogP contribution >= 0.6 is 19.6 Å². The number of hydrogen-bond acceptors (Lipinski definition) is 6. The number of amides is 3. The van der Waals surface area contributed by atoms with Gasteiger partial charge in [0.15, 0.2) is 0 Å². The number of hydrogen-bond donors (Lipinski definition) is 6. The van der Waals surface area contributed by atoms with Crippen molar-refractivity contribution in [2.45, 2.75) is 139 Å². The Morgan fingerprint density at radius 1 is 1.05 bits per heavy atom. The first-order valence-corrected chi connectivity index (χ1v) is 17.8. The summed E-state index contributed by atoms with van der Waals surface area (Å²) in [6.45, 7) is 1.74. The van der Waals surface area contributed by atoms with Gasteiger partial charge in [-0.25, -0.2) is 9.36 Å². The second-order valence-electron chi connectivity index (χ2n) is 11.1. The van der Waals surface area contributed by atoms with E-state index < -0.39 is 26.6 Å². The van der Waals surface area contributed by atoms with Crippen LogP contribution in [0.4, 0.5) is 4.79 Å². The topological polar surface area (TPSA) is 157 Å². The van der Waals surface area contributed by atoms with E-state index >= 15 is 0 Å². The lowest BCUT2D eigenvalue weighted by molar-refractivity contribution is -0.123. The number of aliphatic hydroxyl groups is 1. The average Bonchev–Trinajstić information content (AvgIpc) is 3.45. The molecule has 0 radical (unpaired) electrons. The lowest BCUT2D eigenvalue weighted by atomic mass is 10.0. The molecule has 10 nitrogen and oxygen atoms in total. The summed E-state index contributed by atoms with van der Waals surface area (Å²) in [5.41, 5.74) is 0. The Balaban J connectivity index is 1.61. The first-order valence-electron chi connectivity index (χ1n) is 15.2. The number of carbonyl (C=O) groups excluding carboxylic acids is 2. The molecule has 12 heteroatoms. The van der Waals surface area contributed by atoms with Crippen molar-refractivity contribution in [3.63, 3.8) is 0 Å². The predicted molar refractivity (Wildman–Crippen MR) is 160 cm³/mol. The molecular weight excluding hydrogens is 553 g/mol. The van der Waals surface area contributed by atoms with Crippen LogP contribution in [-0.2, 0) is 13.9 Å². The van der Waals surface area contributed by atoms with E-state index in [4.69, 9.17) is 9.79 Å². The van der Waals surface area contributed by atoms with Crippen LogP contribution in [0.15, 0.2) is 12.2 Å². The van der Waals surface area contributed by atoms with Crippen molar-refractivity contribution in [3.8, 4) is 0 Å². The molecular formula is C28H52N3O7PS. The molecule has 2 rings (SSSR count). The molecule has 40 heavy (non-hydrogen) atoms. The summed E-state index contributed by atoms with van der Waals surface area (Å²) in [4.78, 5) is 42.2. The van der Waals surface area contributed by atoms with E-state index in [9.17, 15) is 19.3 Å². The van der Waals surface area contributed by atoms with Crippen molar-refractivity contribution < 1.29 is 33.6 Å². The van der Waals surface area contributed by atoms with Crippen LogP contribution in [0.5, 0.6) is 0 Å². The van der Waals surface area contributed by atoms with Gasteiger partial charge in [0.25, 0.3) is 0 Å². The molecule has 0 aromatic rings. The Morgan fingerprint density at radius 2 is 1.70 bits per heavy atom. The maximum atomic E-state index is 12.5. The number of unbranched alkanes of at least 4 members (excludes halogenated alkanes) is 12. The highest BCUT2D eigenvalue weighted by Gasteiger charge is 2.42. The van der Waals surface area contributed by atoms with Crippen LogP contribution in [0.1, 0.15) is 110 Å². The van der Waals surface area contributed by atoms with Gasteiger partial charge in [0.1, 0.15) is 0 Å². The van der Waals surface area contributed by atoms with E-state index in [1.54, 1.807) is 6.08 Å². The van der Waals surface area contributed by atoms with Crippen LogP contribution in [0.2, 0.25) is 0 Å².